The maximum atomic E-state index is 13.1. The van der Waals surface area contributed by atoms with Crippen molar-refractivity contribution >= 4 is 30.3 Å². The highest BCUT2D eigenvalue weighted by molar-refractivity contribution is 7.81. The van der Waals surface area contributed by atoms with Gasteiger partial charge in [0.15, 0.2) is 0 Å². The average molecular weight is 446 g/mol. The molecule has 0 saturated carbocycles. The number of carbonyl (C=O) groups is 2. The molecule has 1 aromatic carbocycles. The van der Waals surface area contributed by atoms with Gasteiger partial charge in [-0.25, -0.2) is 14.5 Å². The molecule has 0 N–H and O–H groups in total. The highest BCUT2D eigenvalue weighted by atomic mass is 32.1. The van der Waals surface area contributed by atoms with Gasteiger partial charge < -0.3 is 9.64 Å². The highest BCUT2D eigenvalue weighted by Gasteiger charge is 2.42. The van der Waals surface area contributed by atoms with Crippen LogP contribution < -0.4 is 0 Å². The summed E-state index contributed by atoms with van der Waals surface area (Å²) in [7, 11) is 0. The lowest BCUT2D eigenvalue weighted by atomic mass is 10.2. The van der Waals surface area contributed by atoms with Gasteiger partial charge in [-0.3, -0.25) is 19.8 Å². The van der Waals surface area contributed by atoms with Crippen LogP contribution in [0.3, 0.4) is 0 Å². The van der Waals surface area contributed by atoms with Crippen LogP contribution in [0.4, 0.5) is 10.5 Å². The van der Waals surface area contributed by atoms with E-state index < -0.39 is 17.1 Å². The molecule has 3 atom stereocenters. The number of carbonyl (C=O) groups excluding carboxylic acids is 2. The molecule has 0 spiro atoms. The fourth-order valence-corrected chi connectivity index (χ4v) is 4.34. The summed E-state index contributed by atoms with van der Waals surface area (Å²) >= 11 is 4.47. The van der Waals surface area contributed by atoms with Crippen molar-refractivity contribution in [1.82, 2.24) is 24.6 Å². The van der Waals surface area contributed by atoms with Gasteiger partial charge in [-0.15, -0.1) is 0 Å². The van der Waals surface area contributed by atoms with Crippen molar-refractivity contribution in [3.05, 3.63) is 52.6 Å². The largest absolute Gasteiger partial charge is 0.445 e. The number of nitro groups is 1. The third kappa shape index (κ3) is 4.63. The third-order valence-corrected chi connectivity index (χ3v) is 5.97. The summed E-state index contributed by atoms with van der Waals surface area (Å²) in [6, 6.07) is 5.23. The first kappa shape index (κ1) is 21.1. The second-order valence-corrected chi connectivity index (χ2v) is 8.37. The molecular weight excluding hydrogens is 424 g/mol. The molecule has 0 radical (unpaired) electrons. The number of rotatable bonds is 5. The zero-order chi connectivity index (χ0) is 22.0. The molecule has 0 bridgehead atoms. The number of benzene rings is 1. The van der Waals surface area contributed by atoms with Crippen molar-refractivity contribution < 1.29 is 19.2 Å². The number of hydrogen-bond donors (Lipinski definition) is 1. The quantitative estimate of drug-likeness (QED) is 0.421. The smallest absolute Gasteiger partial charge is 0.410 e. The van der Waals surface area contributed by atoms with Gasteiger partial charge in [-0.05, 0) is 30.5 Å². The molecule has 0 aliphatic carbocycles. The van der Waals surface area contributed by atoms with Gasteiger partial charge in [0.25, 0.3) is 5.69 Å². The van der Waals surface area contributed by atoms with E-state index in [1.807, 2.05) is 0 Å². The summed E-state index contributed by atoms with van der Waals surface area (Å²) < 4.78 is 7.12. The van der Waals surface area contributed by atoms with E-state index in [1.54, 1.807) is 15.9 Å². The number of nitro benzene ring substituents is 1. The molecule has 2 saturated heterocycles. The summed E-state index contributed by atoms with van der Waals surface area (Å²) in [6.45, 7) is 1.38. The molecule has 2 aliphatic rings. The first-order valence-corrected chi connectivity index (χ1v) is 10.4. The van der Waals surface area contributed by atoms with E-state index in [1.165, 1.54) is 35.5 Å². The lowest BCUT2D eigenvalue weighted by molar-refractivity contribution is -0.384. The minimum atomic E-state index is -0.624. The Morgan fingerprint density at radius 1 is 1.26 bits per heavy atom. The predicted molar refractivity (Wildman–Crippen MR) is 111 cm³/mol. The molecule has 2 fully saturated rings. The van der Waals surface area contributed by atoms with Crippen LogP contribution in [0.5, 0.6) is 0 Å². The van der Waals surface area contributed by atoms with Crippen molar-refractivity contribution in [3.8, 4) is 0 Å². The van der Waals surface area contributed by atoms with Crippen LogP contribution in [0.25, 0.3) is 0 Å². The van der Waals surface area contributed by atoms with Gasteiger partial charge in [-0.1, -0.05) is 0 Å². The van der Waals surface area contributed by atoms with Crippen LogP contribution >= 0.6 is 12.6 Å². The topological polar surface area (TPSA) is 124 Å². The molecule has 12 heteroatoms. The molecule has 0 unspecified atom stereocenters. The maximum Gasteiger partial charge on any atom is 0.410 e. The second kappa shape index (κ2) is 8.92. The standard InChI is InChI=1S/C19H22N6O5S/c26-18(22-6-5-15(8-22)24-12-20-11-21-24)17-7-16(31)9-23(17)19(27)30-10-13-1-3-14(4-2-13)25(28)29/h1-4,11-12,15-17,31H,5-10H2/t15-,16-,17-/m0/s1. The Morgan fingerprint density at radius 2 is 2.03 bits per heavy atom. The zero-order valence-electron chi connectivity index (χ0n) is 16.6. The van der Waals surface area contributed by atoms with Gasteiger partial charge in [0.1, 0.15) is 25.3 Å². The summed E-state index contributed by atoms with van der Waals surface area (Å²) in [5.74, 6) is -0.119. The number of thiol groups is 1. The zero-order valence-corrected chi connectivity index (χ0v) is 17.5. The van der Waals surface area contributed by atoms with Crippen LogP contribution in [0, 0.1) is 10.1 Å². The molecule has 1 aromatic heterocycles. The Kier molecular flexibility index (Phi) is 6.07. The second-order valence-electron chi connectivity index (χ2n) is 7.64. The Balaban J connectivity index is 1.36. The van der Waals surface area contributed by atoms with Gasteiger partial charge in [0, 0.05) is 37.0 Å². The molecule has 2 aromatic rings. The number of non-ortho nitro benzene ring substituents is 1. The van der Waals surface area contributed by atoms with E-state index in [-0.39, 0.29) is 29.5 Å². The molecule has 164 valence electrons. The van der Waals surface area contributed by atoms with Crippen LogP contribution in [0.15, 0.2) is 36.9 Å². The van der Waals surface area contributed by atoms with Crippen molar-refractivity contribution in [2.75, 3.05) is 19.6 Å². The molecule has 2 amide bonds. The lowest BCUT2D eigenvalue weighted by Crippen LogP contribution is -2.47. The molecular formula is C19H22N6O5S. The van der Waals surface area contributed by atoms with Crippen molar-refractivity contribution in [1.29, 1.82) is 0 Å². The normalized spacial score (nSPS) is 23.2. The van der Waals surface area contributed by atoms with E-state index in [0.717, 1.165) is 6.42 Å². The number of amides is 2. The minimum Gasteiger partial charge on any atom is -0.445 e. The SMILES string of the molecule is O=C([C@@H]1C[C@H](S)CN1C(=O)OCc1ccc([N+](=O)[O-])cc1)N1CC[C@H](n2cncn2)C1. The molecule has 11 nitrogen and oxygen atoms in total. The Hall–Kier alpha value is -3.15. The molecule has 31 heavy (non-hydrogen) atoms. The summed E-state index contributed by atoms with van der Waals surface area (Å²) in [5.41, 5.74) is 0.590. The van der Waals surface area contributed by atoms with Gasteiger partial charge in [-0.2, -0.15) is 17.7 Å². The van der Waals surface area contributed by atoms with E-state index in [0.29, 0.717) is 31.6 Å². The Bertz CT molecular complexity index is 953. The van der Waals surface area contributed by atoms with Crippen LogP contribution in [0.1, 0.15) is 24.4 Å². The predicted octanol–water partition coefficient (Wildman–Crippen LogP) is 1.67. The van der Waals surface area contributed by atoms with E-state index in [9.17, 15) is 19.7 Å². The highest BCUT2D eigenvalue weighted by Crippen LogP contribution is 2.28. The minimum absolute atomic E-state index is 0.0343. The van der Waals surface area contributed by atoms with Crippen molar-refractivity contribution in [3.63, 3.8) is 0 Å². The maximum absolute atomic E-state index is 13.1. The van der Waals surface area contributed by atoms with Crippen molar-refractivity contribution in [2.24, 2.45) is 0 Å². The van der Waals surface area contributed by atoms with Crippen LogP contribution in [0.2, 0.25) is 0 Å². The molecule has 3 heterocycles. The Labute approximate surface area is 183 Å². The van der Waals surface area contributed by atoms with E-state index in [4.69, 9.17) is 4.74 Å². The van der Waals surface area contributed by atoms with E-state index in [2.05, 4.69) is 22.7 Å². The van der Waals surface area contributed by atoms with Crippen molar-refractivity contribution in [2.45, 2.75) is 36.8 Å². The monoisotopic (exact) mass is 446 g/mol. The first-order valence-electron chi connectivity index (χ1n) is 9.90. The summed E-state index contributed by atoms with van der Waals surface area (Å²) in [6.07, 6.45) is 3.74. The van der Waals surface area contributed by atoms with Crippen LogP contribution in [-0.4, -0.2) is 72.4 Å². The summed E-state index contributed by atoms with van der Waals surface area (Å²) in [5, 5.41) is 14.8. The number of aromatic nitrogens is 3. The fourth-order valence-electron chi connectivity index (χ4n) is 3.97. The summed E-state index contributed by atoms with van der Waals surface area (Å²) in [4.78, 5) is 43.2. The van der Waals surface area contributed by atoms with E-state index >= 15 is 0 Å². The van der Waals surface area contributed by atoms with Gasteiger partial charge >= 0.3 is 6.09 Å². The Morgan fingerprint density at radius 3 is 2.71 bits per heavy atom. The van der Waals surface area contributed by atoms with Gasteiger partial charge in [0.05, 0.1) is 11.0 Å². The number of ether oxygens (including phenoxy) is 1. The number of nitrogens with zero attached hydrogens (tertiary/aromatic N) is 6. The average Bonchev–Trinajstić information content (AvgIpc) is 3.51. The van der Waals surface area contributed by atoms with Gasteiger partial charge in [0.2, 0.25) is 5.91 Å². The van der Waals surface area contributed by atoms with Crippen LogP contribution in [-0.2, 0) is 16.1 Å². The molecule has 2 aliphatic heterocycles. The number of likely N-dealkylation sites (tertiary alicyclic amines) is 2. The number of hydrogen-bond acceptors (Lipinski definition) is 8. The third-order valence-electron chi connectivity index (χ3n) is 5.59. The first-order chi connectivity index (χ1) is 14.9. The lowest BCUT2D eigenvalue weighted by Gasteiger charge is -2.27. The molecule has 4 rings (SSSR count). The fraction of sp³-hybridized carbons (Fsp3) is 0.474.